The van der Waals surface area contributed by atoms with E-state index in [0.717, 1.165) is 38.2 Å². The molecule has 1 saturated heterocycles. The summed E-state index contributed by atoms with van der Waals surface area (Å²) >= 11 is 0. The lowest BCUT2D eigenvalue weighted by Crippen LogP contribution is -2.43. The molecule has 144 valence electrons. The molecule has 2 N–H and O–H groups in total. The van der Waals surface area contributed by atoms with E-state index in [-0.39, 0.29) is 17.9 Å². The van der Waals surface area contributed by atoms with Gasteiger partial charge in [-0.3, -0.25) is 9.89 Å². The number of carbonyl (C=O) groups is 1. The molecule has 2 aliphatic heterocycles. The van der Waals surface area contributed by atoms with Crippen LogP contribution in [0.15, 0.2) is 30.3 Å². The number of benzene rings is 1. The number of amides is 1. The number of nitrogens with one attached hydrogen (secondary N) is 2. The average molecular weight is 368 g/mol. The van der Waals surface area contributed by atoms with Crippen molar-refractivity contribution in [3.63, 3.8) is 0 Å². The molecule has 1 amide bonds. The molecule has 0 radical (unpaired) electrons. The van der Waals surface area contributed by atoms with Crippen LogP contribution in [0.3, 0.4) is 0 Å². The van der Waals surface area contributed by atoms with Gasteiger partial charge in [0.15, 0.2) is 0 Å². The van der Waals surface area contributed by atoms with Crippen molar-refractivity contribution in [2.45, 2.75) is 44.8 Å². The largest absolute Gasteiger partial charge is 0.375 e. The third-order valence-electron chi connectivity index (χ3n) is 5.67. The second-order valence-corrected chi connectivity index (χ2v) is 7.40. The van der Waals surface area contributed by atoms with E-state index in [1.165, 1.54) is 16.8 Å². The Hall–Kier alpha value is -2.18. The fourth-order valence-corrected chi connectivity index (χ4v) is 4.17. The van der Waals surface area contributed by atoms with E-state index in [4.69, 9.17) is 4.74 Å². The van der Waals surface area contributed by atoms with E-state index in [2.05, 4.69) is 46.7 Å². The Bertz CT molecular complexity index is 768. The van der Waals surface area contributed by atoms with E-state index in [0.29, 0.717) is 19.6 Å². The van der Waals surface area contributed by atoms with E-state index in [9.17, 15) is 4.79 Å². The molecule has 1 aromatic carbocycles. The number of hydrogen-bond donors (Lipinski definition) is 2. The maximum atomic E-state index is 12.8. The summed E-state index contributed by atoms with van der Waals surface area (Å²) in [5.74, 6) is 0.432. The first-order chi connectivity index (χ1) is 13.3. The smallest absolute Gasteiger partial charge is 0.225 e. The zero-order valence-electron chi connectivity index (χ0n) is 15.9. The fraction of sp³-hybridized carbons (Fsp3) is 0.524. The summed E-state index contributed by atoms with van der Waals surface area (Å²) in [6, 6.07) is 10.5. The van der Waals surface area contributed by atoms with Crippen molar-refractivity contribution in [2.24, 2.45) is 0 Å². The first-order valence-electron chi connectivity index (χ1n) is 9.97. The van der Waals surface area contributed by atoms with Crippen molar-refractivity contribution in [1.29, 1.82) is 0 Å². The monoisotopic (exact) mass is 368 g/mol. The number of ether oxygens (including phenoxy) is 1. The highest BCUT2D eigenvalue weighted by molar-refractivity contribution is 5.77. The molecule has 2 atom stereocenters. The minimum absolute atomic E-state index is 0.0100. The van der Waals surface area contributed by atoms with Gasteiger partial charge in [-0.2, -0.15) is 5.10 Å². The Morgan fingerprint density at radius 2 is 2.22 bits per heavy atom. The molecular formula is C21H28N4O2. The van der Waals surface area contributed by atoms with Crippen LogP contribution in [0.5, 0.6) is 0 Å². The fourth-order valence-electron chi connectivity index (χ4n) is 4.17. The second kappa shape index (κ2) is 8.23. The van der Waals surface area contributed by atoms with Crippen molar-refractivity contribution in [3.8, 4) is 0 Å². The van der Waals surface area contributed by atoms with Crippen LogP contribution in [0.25, 0.3) is 0 Å². The minimum Gasteiger partial charge on any atom is -0.375 e. The third-order valence-corrected chi connectivity index (χ3v) is 5.67. The second-order valence-electron chi connectivity index (χ2n) is 7.40. The number of rotatable bonds is 5. The maximum Gasteiger partial charge on any atom is 0.225 e. The lowest BCUT2D eigenvalue weighted by molar-refractivity contribution is -0.135. The van der Waals surface area contributed by atoms with Gasteiger partial charge in [0.25, 0.3) is 0 Å². The number of aromatic amines is 1. The quantitative estimate of drug-likeness (QED) is 0.849. The van der Waals surface area contributed by atoms with Crippen LogP contribution in [0.4, 0.5) is 0 Å². The van der Waals surface area contributed by atoms with Gasteiger partial charge in [0.05, 0.1) is 24.8 Å². The van der Waals surface area contributed by atoms with Crippen LogP contribution in [-0.2, 0) is 22.5 Å². The zero-order chi connectivity index (χ0) is 18.6. The summed E-state index contributed by atoms with van der Waals surface area (Å²) in [6.07, 6.45) is 2.26. The van der Waals surface area contributed by atoms with Gasteiger partial charge in [0.1, 0.15) is 0 Å². The number of carbonyl (C=O) groups excluding carboxylic acids is 1. The molecule has 1 aromatic heterocycles. The van der Waals surface area contributed by atoms with Gasteiger partial charge in [-0.25, -0.2) is 0 Å². The first-order valence-corrected chi connectivity index (χ1v) is 9.97. The van der Waals surface area contributed by atoms with Crippen LogP contribution >= 0.6 is 0 Å². The van der Waals surface area contributed by atoms with Crippen LogP contribution in [0, 0.1) is 0 Å². The van der Waals surface area contributed by atoms with Gasteiger partial charge >= 0.3 is 0 Å². The lowest BCUT2D eigenvalue weighted by Gasteiger charge is -2.30. The summed E-state index contributed by atoms with van der Waals surface area (Å²) in [5, 5.41) is 11.2. The molecular weight excluding hydrogens is 340 g/mol. The number of fused-ring (bicyclic) bond motifs is 1. The van der Waals surface area contributed by atoms with Gasteiger partial charge in [-0.15, -0.1) is 0 Å². The summed E-state index contributed by atoms with van der Waals surface area (Å²) < 4.78 is 5.70. The Morgan fingerprint density at radius 1 is 1.37 bits per heavy atom. The predicted octanol–water partition coefficient (Wildman–Crippen LogP) is 2.21. The summed E-state index contributed by atoms with van der Waals surface area (Å²) in [6.45, 7) is 5.89. The number of hydrogen-bond acceptors (Lipinski definition) is 4. The van der Waals surface area contributed by atoms with Crippen LogP contribution in [0.2, 0.25) is 0 Å². The van der Waals surface area contributed by atoms with Crippen molar-refractivity contribution in [3.05, 3.63) is 52.8 Å². The first kappa shape index (κ1) is 18.2. The predicted molar refractivity (Wildman–Crippen MR) is 104 cm³/mol. The molecule has 4 rings (SSSR count). The van der Waals surface area contributed by atoms with Crippen molar-refractivity contribution >= 4 is 5.91 Å². The Balaban J connectivity index is 1.50. The maximum absolute atomic E-state index is 12.8. The highest BCUT2D eigenvalue weighted by atomic mass is 16.5. The Kier molecular flexibility index (Phi) is 5.55. The van der Waals surface area contributed by atoms with Gasteiger partial charge in [-0.1, -0.05) is 37.3 Å². The van der Waals surface area contributed by atoms with E-state index in [1.54, 1.807) is 0 Å². The Morgan fingerprint density at radius 3 is 2.96 bits per heavy atom. The van der Waals surface area contributed by atoms with Crippen molar-refractivity contribution < 1.29 is 9.53 Å². The molecule has 3 heterocycles. The highest BCUT2D eigenvalue weighted by Gasteiger charge is 2.29. The summed E-state index contributed by atoms with van der Waals surface area (Å²) in [7, 11) is 0. The molecule has 0 aliphatic carbocycles. The molecule has 1 fully saturated rings. The lowest BCUT2D eigenvalue weighted by atomic mass is 9.89. The third kappa shape index (κ3) is 3.92. The topological polar surface area (TPSA) is 70.2 Å². The molecule has 0 unspecified atom stereocenters. The van der Waals surface area contributed by atoms with Crippen molar-refractivity contribution in [1.82, 2.24) is 20.4 Å². The van der Waals surface area contributed by atoms with Crippen LogP contribution in [-0.4, -0.2) is 53.3 Å². The minimum atomic E-state index is -0.0100. The van der Waals surface area contributed by atoms with E-state index < -0.39 is 0 Å². The average Bonchev–Trinajstić information content (AvgIpc) is 3.13. The number of nitrogens with zero attached hydrogens (tertiary/aromatic N) is 2. The molecule has 6 heteroatoms. The van der Waals surface area contributed by atoms with Crippen LogP contribution in [0.1, 0.15) is 48.2 Å². The van der Waals surface area contributed by atoms with E-state index >= 15 is 0 Å². The number of morpholine rings is 1. The van der Waals surface area contributed by atoms with E-state index in [1.807, 2.05) is 11.0 Å². The molecule has 2 aliphatic rings. The highest BCUT2D eigenvalue weighted by Crippen LogP contribution is 2.32. The van der Waals surface area contributed by atoms with Crippen LogP contribution < -0.4 is 5.32 Å². The normalized spacial score (nSPS) is 20.9. The molecule has 6 nitrogen and oxygen atoms in total. The SMILES string of the molecule is CC[C@@H](c1ccccc1)c1n[nH]c2c1CN(C(=O)C[C@@H]1CNCCO1)CC2. The molecule has 0 spiro atoms. The van der Waals surface area contributed by atoms with Gasteiger partial charge in [0, 0.05) is 49.8 Å². The van der Waals surface area contributed by atoms with Gasteiger partial charge in [0.2, 0.25) is 5.91 Å². The molecule has 0 saturated carbocycles. The zero-order valence-corrected chi connectivity index (χ0v) is 15.9. The summed E-state index contributed by atoms with van der Waals surface area (Å²) in [5.41, 5.74) is 4.75. The van der Waals surface area contributed by atoms with Crippen molar-refractivity contribution in [2.75, 3.05) is 26.2 Å². The molecule has 2 aromatic rings. The standard InChI is InChI=1S/C21H28N4O2/c1-2-17(15-6-4-3-5-7-15)21-18-14-25(10-8-19(18)23-24-21)20(26)12-16-13-22-9-11-27-16/h3-7,16-17,22H,2,8-14H2,1H3,(H,23,24)/t16-,17+/m1/s1. The Labute approximate surface area is 160 Å². The number of aromatic nitrogens is 2. The van der Waals surface area contributed by atoms with Gasteiger partial charge in [-0.05, 0) is 12.0 Å². The molecule has 0 bridgehead atoms. The number of H-pyrrole nitrogens is 1. The molecule has 27 heavy (non-hydrogen) atoms. The summed E-state index contributed by atoms with van der Waals surface area (Å²) in [4.78, 5) is 14.8. The van der Waals surface area contributed by atoms with Gasteiger partial charge < -0.3 is 15.0 Å².